The van der Waals surface area contributed by atoms with Crippen molar-refractivity contribution in [3.05, 3.63) is 0 Å². The Morgan fingerprint density at radius 3 is 2.35 bits per heavy atom. The Balaban J connectivity index is 2.13. The van der Waals surface area contributed by atoms with Crippen LogP contribution in [0.3, 0.4) is 0 Å². The highest BCUT2D eigenvalue weighted by Gasteiger charge is 2.21. The molecule has 6 nitrogen and oxygen atoms in total. The second kappa shape index (κ2) is 7.47. The molecule has 0 saturated heterocycles. The Kier molecular flexibility index (Phi) is 6.26. The maximum atomic E-state index is 11.7. The number of aliphatic hydroxyl groups excluding tert-OH is 1. The number of aliphatic hydroxyl groups is 1. The SMILES string of the molecule is CC(C)(C)NC(=O)OCCC(=O)NC1CCC(O)CC1. The molecule has 3 N–H and O–H groups in total. The van der Waals surface area contributed by atoms with E-state index in [9.17, 15) is 14.7 Å². The first-order valence-corrected chi connectivity index (χ1v) is 7.18. The molecule has 0 aromatic carbocycles. The zero-order chi connectivity index (χ0) is 15.2. The van der Waals surface area contributed by atoms with Gasteiger partial charge in [0.2, 0.25) is 5.91 Å². The molecule has 0 aromatic rings. The maximum absolute atomic E-state index is 11.7. The van der Waals surface area contributed by atoms with Gasteiger partial charge >= 0.3 is 6.09 Å². The number of carbonyl (C=O) groups is 2. The summed E-state index contributed by atoms with van der Waals surface area (Å²) >= 11 is 0. The summed E-state index contributed by atoms with van der Waals surface area (Å²) in [6.07, 6.45) is 2.50. The molecule has 1 aliphatic rings. The number of ether oxygens (including phenoxy) is 1. The van der Waals surface area contributed by atoms with Gasteiger partial charge in [0, 0.05) is 11.6 Å². The van der Waals surface area contributed by atoms with Crippen LogP contribution in [0.15, 0.2) is 0 Å². The van der Waals surface area contributed by atoms with E-state index < -0.39 is 6.09 Å². The fraction of sp³-hybridized carbons (Fsp3) is 0.857. The van der Waals surface area contributed by atoms with Crippen LogP contribution in [-0.4, -0.2) is 41.4 Å². The number of carbonyl (C=O) groups excluding carboxylic acids is 2. The predicted octanol–water partition coefficient (Wildman–Crippen LogP) is 1.32. The third-order valence-corrected chi connectivity index (χ3v) is 3.10. The second-order valence-electron chi connectivity index (χ2n) is 6.33. The average Bonchev–Trinajstić information content (AvgIpc) is 2.29. The number of alkyl carbamates (subject to hydrolysis) is 1. The van der Waals surface area contributed by atoms with Crippen molar-refractivity contribution in [3.8, 4) is 0 Å². The molecule has 0 unspecified atom stereocenters. The van der Waals surface area contributed by atoms with Crippen LogP contribution >= 0.6 is 0 Å². The van der Waals surface area contributed by atoms with Crippen molar-refractivity contribution in [2.24, 2.45) is 0 Å². The highest BCUT2D eigenvalue weighted by Crippen LogP contribution is 2.18. The van der Waals surface area contributed by atoms with Crippen LogP contribution in [0.25, 0.3) is 0 Å². The summed E-state index contributed by atoms with van der Waals surface area (Å²) in [5.41, 5.74) is -0.345. The molecule has 0 spiro atoms. The summed E-state index contributed by atoms with van der Waals surface area (Å²) in [5, 5.41) is 14.9. The molecule has 0 radical (unpaired) electrons. The minimum atomic E-state index is -0.508. The van der Waals surface area contributed by atoms with Crippen molar-refractivity contribution >= 4 is 12.0 Å². The normalized spacial score (nSPS) is 23.0. The van der Waals surface area contributed by atoms with E-state index >= 15 is 0 Å². The maximum Gasteiger partial charge on any atom is 0.407 e. The van der Waals surface area contributed by atoms with Crippen LogP contribution in [0.5, 0.6) is 0 Å². The summed E-state index contributed by atoms with van der Waals surface area (Å²) in [6.45, 7) is 5.65. The fourth-order valence-corrected chi connectivity index (χ4v) is 2.10. The highest BCUT2D eigenvalue weighted by atomic mass is 16.5. The van der Waals surface area contributed by atoms with E-state index in [1.807, 2.05) is 20.8 Å². The average molecular weight is 286 g/mol. The monoisotopic (exact) mass is 286 g/mol. The lowest BCUT2D eigenvalue weighted by Gasteiger charge is -2.26. The number of hydrogen-bond acceptors (Lipinski definition) is 4. The van der Waals surface area contributed by atoms with E-state index in [0.29, 0.717) is 0 Å². The highest BCUT2D eigenvalue weighted by molar-refractivity contribution is 5.76. The first-order chi connectivity index (χ1) is 9.26. The summed E-state index contributed by atoms with van der Waals surface area (Å²) in [7, 11) is 0. The molecule has 0 bridgehead atoms. The quantitative estimate of drug-likeness (QED) is 0.727. The standard InChI is InChI=1S/C14H26N2O4/c1-14(2,3)16-13(19)20-9-8-12(18)15-10-4-6-11(17)7-5-10/h10-11,17H,4-9H2,1-3H3,(H,15,18)(H,16,19). The van der Waals surface area contributed by atoms with Crippen LogP contribution in [0, 0.1) is 0 Å². The lowest BCUT2D eigenvalue weighted by Crippen LogP contribution is -2.42. The lowest BCUT2D eigenvalue weighted by molar-refractivity contribution is -0.122. The molecule has 1 saturated carbocycles. The first-order valence-electron chi connectivity index (χ1n) is 7.18. The van der Waals surface area contributed by atoms with Crippen molar-refractivity contribution in [2.45, 2.75) is 70.6 Å². The van der Waals surface area contributed by atoms with Crippen LogP contribution < -0.4 is 10.6 Å². The Morgan fingerprint density at radius 1 is 1.20 bits per heavy atom. The third-order valence-electron chi connectivity index (χ3n) is 3.10. The van der Waals surface area contributed by atoms with E-state index in [1.165, 1.54) is 0 Å². The Morgan fingerprint density at radius 2 is 1.80 bits per heavy atom. The molecular weight excluding hydrogens is 260 g/mol. The smallest absolute Gasteiger partial charge is 0.407 e. The topological polar surface area (TPSA) is 87.7 Å². The van der Waals surface area contributed by atoms with Gasteiger partial charge in [-0.15, -0.1) is 0 Å². The van der Waals surface area contributed by atoms with Crippen LogP contribution in [0.4, 0.5) is 4.79 Å². The van der Waals surface area contributed by atoms with Crippen molar-refractivity contribution in [3.63, 3.8) is 0 Å². The first kappa shape index (κ1) is 16.8. The van der Waals surface area contributed by atoms with Crippen molar-refractivity contribution < 1.29 is 19.4 Å². The van der Waals surface area contributed by atoms with Gasteiger partial charge in [-0.05, 0) is 46.5 Å². The number of amides is 2. The van der Waals surface area contributed by atoms with Crippen molar-refractivity contribution in [1.82, 2.24) is 10.6 Å². The van der Waals surface area contributed by atoms with Crippen molar-refractivity contribution in [1.29, 1.82) is 0 Å². The van der Waals surface area contributed by atoms with Crippen LogP contribution in [-0.2, 0) is 9.53 Å². The van der Waals surface area contributed by atoms with Gasteiger partial charge < -0.3 is 20.5 Å². The van der Waals surface area contributed by atoms with Crippen LogP contribution in [0.1, 0.15) is 52.9 Å². The summed E-state index contributed by atoms with van der Waals surface area (Å²) in [6, 6.07) is 0.134. The zero-order valence-corrected chi connectivity index (χ0v) is 12.6. The Bertz CT molecular complexity index is 331. The molecule has 1 fully saturated rings. The van der Waals surface area contributed by atoms with E-state index in [1.54, 1.807) is 0 Å². The minimum Gasteiger partial charge on any atom is -0.449 e. The van der Waals surface area contributed by atoms with Crippen LogP contribution in [0.2, 0.25) is 0 Å². The molecule has 0 atom stereocenters. The molecule has 1 rings (SSSR count). The predicted molar refractivity (Wildman–Crippen MR) is 75.3 cm³/mol. The Hall–Kier alpha value is -1.30. The number of nitrogens with one attached hydrogen (secondary N) is 2. The molecule has 0 aromatic heterocycles. The molecule has 0 aliphatic heterocycles. The lowest BCUT2D eigenvalue weighted by atomic mass is 9.93. The number of hydrogen-bond donors (Lipinski definition) is 3. The third kappa shape index (κ3) is 7.33. The Labute approximate surface area is 120 Å². The van der Waals surface area contributed by atoms with Gasteiger partial charge in [0.25, 0.3) is 0 Å². The van der Waals surface area contributed by atoms with Gasteiger partial charge in [-0.2, -0.15) is 0 Å². The van der Waals surface area contributed by atoms with Crippen molar-refractivity contribution in [2.75, 3.05) is 6.61 Å². The molecule has 1 aliphatic carbocycles. The molecule has 0 heterocycles. The summed E-state index contributed by atoms with van der Waals surface area (Å²) in [5.74, 6) is -0.116. The zero-order valence-electron chi connectivity index (χ0n) is 12.6. The van der Waals surface area contributed by atoms with Gasteiger partial charge in [0.15, 0.2) is 0 Å². The largest absolute Gasteiger partial charge is 0.449 e. The van der Waals surface area contributed by atoms with E-state index in [4.69, 9.17) is 4.74 Å². The molecule has 6 heteroatoms. The van der Waals surface area contributed by atoms with Gasteiger partial charge in [0.05, 0.1) is 12.5 Å². The molecular formula is C14H26N2O4. The molecule has 116 valence electrons. The van der Waals surface area contributed by atoms with Gasteiger partial charge in [-0.1, -0.05) is 0 Å². The van der Waals surface area contributed by atoms with Gasteiger partial charge in [-0.25, -0.2) is 4.79 Å². The summed E-state index contributed by atoms with van der Waals surface area (Å²) in [4.78, 5) is 23.0. The van der Waals surface area contributed by atoms with E-state index in [0.717, 1.165) is 25.7 Å². The second-order valence-corrected chi connectivity index (χ2v) is 6.33. The van der Waals surface area contributed by atoms with Gasteiger partial charge in [0.1, 0.15) is 6.61 Å². The summed E-state index contributed by atoms with van der Waals surface area (Å²) < 4.78 is 4.94. The molecule has 20 heavy (non-hydrogen) atoms. The van der Waals surface area contributed by atoms with E-state index in [2.05, 4.69) is 10.6 Å². The number of rotatable bonds is 4. The minimum absolute atomic E-state index is 0.0725. The van der Waals surface area contributed by atoms with E-state index in [-0.39, 0.29) is 36.6 Å². The fourth-order valence-electron chi connectivity index (χ4n) is 2.10. The molecule has 2 amide bonds. The van der Waals surface area contributed by atoms with Gasteiger partial charge in [-0.3, -0.25) is 4.79 Å².